The third-order valence-corrected chi connectivity index (χ3v) is 8.72. The van der Waals surface area contributed by atoms with Crippen molar-refractivity contribution in [1.82, 2.24) is 24.9 Å². The predicted octanol–water partition coefficient (Wildman–Crippen LogP) is 3.24. The van der Waals surface area contributed by atoms with Crippen LogP contribution in [-0.2, 0) is 29.3 Å². The molecule has 2 amide bonds. The quantitative estimate of drug-likeness (QED) is 0.459. The zero-order valence-corrected chi connectivity index (χ0v) is 24.9. The summed E-state index contributed by atoms with van der Waals surface area (Å²) >= 11 is 0. The lowest BCUT2D eigenvalue weighted by Gasteiger charge is -2.41. The fraction of sp³-hybridized carbons (Fsp3) is 0.469. The molecule has 0 aliphatic carbocycles. The van der Waals surface area contributed by atoms with Gasteiger partial charge in [0.05, 0.1) is 36.1 Å². The number of aromatic nitrogens is 2. The SMILES string of the molecule is Cn1cc(-c2ccc3c(c2)OCC[C@@H]2CC[C@H](O)[C@@H](CNC(=O)[C@@H]4CN(Cc5ccc(C(F)(F)F)cc5)CCN4C3=O)O2)cn1. The van der Waals surface area contributed by atoms with Crippen LogP contribution in [-0.4, -0.2) is 93.6 Å². The Morgan fingerprint density at radius 2 is 1.84 bits per heavy atom. The van der Waals surface area contributed by atoms with Crippen LogP contribution in [0, 0.1) is 0 Å². The number of rotatable bonds is 3. The zero-order valence-electron chi connectivity index (χ0n) is 24.9. The Bertz CT molecular complexity index is 1530. The second-order valence-electron chi connectivity index (χ2n) is 11.9. The van der Waals surface area contributed by atoms with E-state index in [4.69, 9.17) is 9.47 Å². The summed E-state index contributed by atoms with van der Waals surface area (Å²) in [6.07, 6.45) is -0.628. The van der Waals surface area contributed by atoms with Gasteiger partial charge >= 0.3 is 6.18 Å². The number of halogens is 3. The number of nitrogens with one attached hydrogen (secondary N) is 1. The number of alkyl halides is 3. The number of fused-ring (bicyclic) bond motifs is 4. The molecule has 1 aromatic heterocycles. The van der Waals surface area contributed by atoms with Crippen molar-refractivity contribution in [2.45, 2.75) is 56.3 Å². The fourth-order valence-electron chi connectivity index (χ4n) is 6.20. The molecule has 45 heavy (non-hydrogen) atoms. The van der Waals surface area contributed by atoms with Crippen LogP contribution in [0.1, 0.15) is 40.7 Å². The summed E-state index contributed by atoms with van der Waals surface area (Å²) in [6, 6.07) is 9.39. The highest BCUT2D eigenvalue weighted by Gasteiger charge is 2.38. The number of aliphatic hydroxyl groups is 1. The van der Waals surface area contributed by atoms with Gasteiger partial charge in [0.25, 0.3) is 5.91 Å². The van der Waals surface area contributed by atoms with Crippen LogP contribution in [0.5, 0.6) is 5.75 Å². The first-order chi connectivity index (χ1) is 21.5. The molecule has 2 saturated heterocycles. The standard InChI is InChI=1S/C32H36F3N5O5/c1-38-18-22(15-37-38)21-4-8-25-28(14-21)44-13-10-24-7-9-27(41)29(45-24)16-36-30(42)26-19-39(11-12-40(26)31(25)43)17-20-2-5-23(6-3-20)32(33,34)35/h2-6,8,14-15,18,24,26-27,29,41H,7,9-13,16-17,19H2,1H3,(H,36,42)/t24-,26-,27-,29+/m0/s1. The maximum atomic E-state index is 14.1. The zero-order chi connectivity index (χ0) is 31.7. The number of benzene rings is 2. The summed E-state index contributed by atoms with van der Waals surface area (Å²) in [4.78, 5) is 31.3. The van der Waals surface area contributed by atoms with E-state index in [9.17, 15) is 27.9 Å². The van der Waals surface area contributed by atoms with E-state index in [0.717, 1.165) is 23.3 Å². The summed E-state index contributed by atoms with van der Waals surface area (Å²) in [6.45, 7) is 1.48. The Labute approximate surface area is 258 Å². The minimum Gasteiger partial charge on any atom is -0.493 e. The highest BCUT2D eigenvalue weighted by Crippen LogP contribution is 2.32. The van der Waals surface area contributed by atoms with Crippen LogP contribution in [0.25, 0.3) is 11.1 Å². The first-order valence-electron chi connectivity index (χ1n) is 15.1. The molecule has 0 unspecified atom stereocenters. The van der Waals surface area contributed by atoms with E-state index >= 15 is 0 Å². The van der Waals surface area contributed by atoms with Gasteiger partial charge in [0, 0.05) is 58.0 Å². The summed E-state index contributed by atoms with van der Waals surface area (Å²) < 4.78 is 53.3. The van der Waals surface area contributed by atoms with Crippen molar-refractivity contribution in [1.29, 1.82) is 0 Å². The Morgan fingerprint density at radius 1 is 1.04 bits per heavy atom. The van der Waals surface area contributed by atoms with Gasteiger partial charge in [0.1, 0.15) is 17.9 Å². The normalized spacial score (nSPS) is 25.0. The Balaban J connectivity index is 1.29. The number of amides is 2. The molecule has 4 heterocycles. The molecule has 0 saturated carbocycles. The van der Waals surface area contributed by atoms with E-state index in [1.807, 2.05) is 24.2 Å². The summed E-state index contributed by atoms with van der Waals surface area (Å²) in [5.41, 5.74) is 1.94. The molecule has 3 aliphatic heterocycles. The molecule has 2 bridgehead atoms. The van der Waals surface area contributed by atoms with E-state index in [0.29, 0.717) is 55.8 Å². The molecule has 10 nitrogen and oxygen atoms in total. The van der Waals surface area contributed by atoms with Gasteiger partial charge in [-0.25, -0.2) is 0 Å². The molecule has 0 radical (unpaired) electrons. The van der Waals surface area contributed by atoms with E-state index < -0.39 is 35.9 Å². The van der Waals surface area contributed by atoms with Gasteiger partial charge in [0.15, 0.2) is 0 Å². The maximum absolute atomic E-state index is 14.1. The van der Waals surface area contributed by atoms with Crippen LogP contribution in [0.3, 0.4) is 0 Å². The number of ether oxygens (including phenoxy) is 2. The smallest absolute Gasteiger partial charge is 0.416 e. The highest BCUT2D eigenvalue weighted by molar-refractivity contribution is 6.00. The first kappa shape index (κ1) is 31.1. The Kier molecular flexibility index (Phi) is 8.85. The number of hydrogen-bond donors (Lipinski definition) is 2. The summed E-state index contributed by atoms with van der Waals surface area (Å²) in [5.74, 6) is -0.368. The van der Waals surface area contributed by atoms with Crippen LogP contribution in [0.15, 0.2) is 54.9 Å². The molecule has 4 atom stereocenters. The lowest BCUT2D eigenvalue weighted by molar-refractivity contribution is -0.137. The average molecular weight is 628 g/mol. The van der Waals surface area contributed by atoms with Gasteiger partial charge in [-0.15, -0.1) is 0 Å². The number of carbonyl (C=O) groups excluding carboxylic acids is 2. The van der Waals surface area contributed by atoms with Gasteiger partial charge < -0.3 is 24.8 Å². The molecular weight excluding hydrogens is 591 g/mol. The second-order valence-corrected chi connectivity index (χ2v) is 11.9. The van der Waals surface area contributed by atoms with Crippen molar-refractivity contribution >= 4 is 11.8 Å². The number of aryl methyl sites for hydroxylation is 1. The molecule has 2 N–H and O–H groups in total. The fourth-order valence-corrected chi connectivity index (χ4v) is 6.20. The maximum Gasteiger partial charge on any atom is 0.416 e. The molecule has 2 aromatic carbocycles. The minimum absolute atomic E-state index is 0.0832. The van der Waals surface area contributed by atoms with E-state index in [1.165, 1.54) is 17.0 Å². The molecule has 240 valence electrons. The third kappa shape index (κ3) is 7.00. The van der Waals surface area contributed by atoms with Gasteiger partial charge in [-0.2, -0.15) is 18.3 Å². The van der Waals surface area contributed by atoms with Gasteiger partial charge in [0.2, 0.25) is 5.91 Å². The highest BCUT2D eigenvalue weighted by atomic mass is 19.4. The number of aliphatic hydroxyl groups excluding tert-OH is 1. The molecule has 3 aliphatic rings. The predicted molar refractivity (Wildman–Crippen MR) is 157 cm³/mol. The van der Waals surface area contributed by atoms with E-state index in [1.54, 1.807) is 23.0 Å². The summed E-state index contributed by atoms with van der Waals surface area (Å²) in [7, 11) is 1.82. The Hall–Kier alpha value is -3.94. The van der Waals surface area contributed by atoms with E-state index in [2.05, 4.69) is 10.4 Å². The van der Waals surface area contributed by atoms with Crippen LogP contribution >= 0.6 is 0 Å². The molecule has 13 heteroatoms. The average Bonchev–Trinajstić information content (AvgIpc) is 3.46. The molecule has 3 aromatic rings. The monoisotopic (exact) mass is 627 g/mol. The van der Waals surface area contributed by atoms with Crippen LogP contribution in [0.4, 0.5) is 13.2 Å². The van der Waals surface area contributed by atoms with Gasteiger partial charge in [-0.1, -0.05) is 18.2 Å². The topological polar surface area (TPSA) is 109 Å². The molecule has 6 rings (SSSR count). The number of carbonyl (C=O) groups is 2. The second kappa shape index (κ2) is 12.8. The lowest BCUT2D eigenvalue weighted by atomic mass is 9.98. The van der Waals surface area contributed by atoms with Crippen LogP contribution in [0.2, 0.25) is 0 Å². The van der Waals surface area contributed by atoms with Crippen molar-refractivity contribution in [2.24, 2.45) is 7.05 Å². The van der Waals surface area contributed by atoms with Crippen molar-refractivity contribution < 1.29 is 37.3 Å². The molecule has 2 fully saturated rings. The number of nitrogens with zero attached hydrogens (tertiary/aromatic N) is 4. The van der Waals surface area contributed by atoms with Gasteiger partial charge in [-0.3, -0.25) is 19.2 Å². The third-order valence-electron chi connectivity index (χ3n) is 8.72. The van der Waals surface area contributed by atoms with Gasteiger partial charge in [-0.05, 0) is 48.2 Å². The van der Waals surface area contributed by atoms with Crippen molar-refractivity contribution in [3.8, 4) is 16.9 Å². The largest absolute Gasteiger partial charge is 0.493 e. The lowest BCUT2D eigenvalue weighted by Crippen LogP contribution is -2.61. The van der Waals surface area contributed by atoms with Crippen molar-refractivity contribution in [3.05, 3.63) is 71.5 Å². The molecular formula is C32H36F3N5O5. The van der Waals surface area contributed by atoms with E-state index in [-0.39, 0.29) is 31.6 Å². The summed E-state index contributed by atoms with van der Waals surface area (Å²) in [5, 5.41) is 17.7. The minimum atomic E-state index is -4.43. The van der Waals surface area contributed by atoms with Crippen molar-refractivity contribution in [2.75, 3.05) is 32.8 Å². The van der Waals surface area contributed by atoms with Crippen LogP contribution < -0.4 is 10.1 Å². The number of hydrogen-bond acceptors (Lipinski definition) is 7. The Morgan fingerprint density at radius 3 is 2.58 bits per heavy atom. The van der Waals surface area contributed by atoms with Crippen molar-refractivity contribution in [3.63, 3.8) is 0 Å². The first-order valence-corrected chi connectivity index (χ1v) is 15.1. The number of piperazine rings is 1. The molecule has 0 spiro atoms.